The van der Waals surface area contributed by atoms with Gasteiger partial charge in [0.05, 0.1) is 21.9 Å². The van der Waals surface area contributed by atoms with Crippen LogP contribution in [0, 0.1) is 5.82 Å². The molecule has 0 bridgehead atoms. The topological polar surface area (TPSA) is 42.1 Å². The number of halogens is 2. The number of benzene rings is 1. The van der Waals surface area contributed by atoms with Gasteiger partial charge in [-0.1, -0.05) is 6.07 Å². The third kappa shape index (κ3) is 2.38. The normalized spacial score (nSPS) is 18.5. The molecule has 2 N–H and O–H groups in total. The average Bonchev–Trinajstić information content (AvgIpc) is 2.93. The van der Waals surface area contributed by atoms with E-state index in [9.17, 15) is 4.39 Å². The van der Waals surface area contributed by atoms with Crippen molar-refractivity contribution in [3.8, 4) is 0 Å². The molecule has 104 valence electrons. The first-order chi connectivity index (χ1) is 9.66. The number of hydrogen-bond acceptors (Lipinski definition) is 3. The van der Waals surface area contributed by atoms with Crippen LogP contribution in [0.1, 0.15) is 24.4 Å². The summed E-state index contributed by atoms with van der Waals surface area (Å²) in [6.45, 7) is 0.880. The number of nitrogens with two attached hydrogens (primary N) is 1. The molecule has 1 fully saturated rings. The van der Waals surface area contributed by atoms with Crippen LogP contribution in [-0.2, 0) is 0 Å². The smallest absolute Gasteiger partial charge is 0.139 e. The number of nitrogen functional groups attached to an aromatic ring is 1. The van der Waals surface area contributed by atoms with Crippen LogP contribution in [0.4, 0.5) is 15.8 Å². The van der Waals surface area contributed by atoms with Gasteiger partial charge in [-0.25, -0.2) is 4.39 Å². The minimum absolute atomic E-state index is 0.214. The molecule has 3 rings (SSSR count). The van der Waals surface area contributed by atoms with Crippen LogP contribution in [0.5, 0.6) is 0 Å². The number of hydrogen-bond donors (Lipinski definition) is 1. The van der Waals surface area contributed by atoms with Crippen molar-refractivity contribution in [3.05, 3.63) is 52.5 Å². The molecule has 1 aliphatic heterocycles. The maximum Gasteiger partial charge on any atom is 0.139 e. The lowest BCUT2D eigenvalue weighted by atomic mass is 10.1. The van der Waals surface area contributed by atoms with Gasteiger partial charge in [0, 0.05) is 25.0 Å². The summed E-state index contributed by atoms with van der Waals surface area (Å²) in [5, 5.41) is 0. The molecule has 20 heavy (non-hydrogen) atoms. The largest absolute Gasteiger partial charge is 0.397 e. The SMILES string of the molecule is Nc1cc(Br)c(F)cc1N1CCCC1c1cccnc1. The van der Waals surface area contributed by atoms with Crippen LogP contribution in [0.15, 0.2) is 41.1 Å². The zero-order valence-electron chi connectivity index (χ0n) is 10.9. The van der Waals surface area contributed by atoms with Crippen LogP contribution >= 0.6 is 15.9 Å². The number of nitrogens with zero attached hydrogens (tertiary/aromatic N) is 2. The van der Waals surface area contributed by atoms with Gasteiger partial charge >= 0.3 is 0 Å². The number of aromatic nitrogens is 1. The molecule has 3 nitrogen and oxygen atoms in total. The quantitative estimate of drug-likeness (QED) is 0.846. The molecule has 0 spiro atoms. The lowest BCUT2D eigenvalue weighted by Gasteiger charge is -2.28. The van der Waals surface area contributed by atoms with Crippen molar-refractivity contribution in [3.63, 3.8) is 0 Å². The van der Waals surface area contributed by atoms with E-state index in [1.165, 1.54) is 6.07 Å². The molecule has 1 saturated heterocycles. The summed E-state index contributed by atoms with van der Waals surface area (Å²) >= 11 is 3.17. The van der Waals surface area contributed by atoms with Gasteiger partial charge in [-0.05, 0) is 46.5 Å². The Balaban J connectivity index is 1.99. The Morgan fingerprint density at radius 2 is 2.25 bits per heavy atom. The molecule has 1 aliphatic rings. The van der Waals surface area contributed by atoms with Crippen LogP contribution < -0.4 is 10.6 Å². The standard InChI is InChI=1S/C15H15BrFN3/c16-11-7-13(18)15(8-12(11)17)20-6-2-4-14(20)10-3-1-5-19-9-10/h1,3,5,7-9,14H,2,4,6,18H2. The summed E-state index contributed by atoms with van der Waals surface area (Å²) in [6.07, 6.45) is 5.73. The highest BCUT2D eigenvalue weighted by Crippen LogP contribution is 2.39. The number of rotatable bonds is 2. The van der Waals surface area contributed by atoms with Gasteiger partial charge in [-0.15, -0.1) is 0 Å². The lowest BCUT2D eigenvalue weighted by Crippen LogP contribution is -2.23. The van der Waals surface area contributed by atoms with Gasteiger partial charge in [0.1, 0.15) is 5.82 Å². The molecule has 1 aromatic carbocycles. The van der Waals surface area contributed by atoms with Gasteiger partial charge in [-0.2, -0.15) is 0 Å². The highest BCUT2D eigenvalue weighted by atomic mass is 79.9. The maximum absolute atomic E-state index is 13.8. The van der Waals surface area contributed by atoms with E-state index < -0.39 is 0 Å². The Morgan fingerprint density at radius 3 is 3.00 bits per heavy atom. The fourth-order valence-electron chi connectivity index (χ4n) is 2.78. The number of anilines is 2. The Labute approximate surface area is 125 Å². The number of pyridine rings is 1. The summed E-state index contributed by atoms with van der Waals surface area (Å²) in [6, 6.07) is 7.34. The molecular formula is C15H15BrFN3. The zero-order chi connectivity index (χ0) is 14.1. The molecule has 1 atom stereocenters. The van der Waals surface area contributed by atoms with E-state index in [1.807, 2.05) is 12.3 Å². The van der Waals surface area contributed by atoms with E-state index in [2.05, 4.69) is 31.9 Å². The van der Waals surface area contributed by atoms with Crippen LogP contribution in [0.25, 0.3) is 0 Å². The first-order valence-corrected chi connectivity index (χ1v) is 7.37. The van der Waals surface area contributed by atoms with E-state index >= 15 is 0 Å². The van der Waals surface area contributed by atoms with E-state index in [4.69, 9.17) is 5.73 Å². The van der Waals surface area contributed by atoms with E-state index in [0.717, 1.165) is 30.6 Å². The Kier molecular flexibility index (Phi) is 3.61. The molecule has 2 heterocycles. The molecule has 0 radical (unpaired) electrons. The second-order valence-corrected chi connectivity index (χ2v) is 5.82. The monoisotopic (exact) mass is 335 g/mol. The Bertz CT molecular complexity index is 618. The third-order valence-corrected chi connectivity index (χ3v) is 4.31. The van der Waals surface area contributed by atoms with Crippen LogP contribution in [0.3, 0.4) is 0 Å². The van der Waals surface area contributed by atoms with Gasteiger partial charge in [-0.3, -0.25) is 4.98 Å². The third-order valence-electron chi connectivity index (χ3n) is 3.70. The zero-order valence-corrected chi connectivity index (χ0v) is 12.5. The predicted octanol–water partition coefficient (Wildman–Crippen LogP) is 3.91. The van der Waals surface area contributed by atoms with Crippen molar-refractivity contribution in [1.82, 2.24) is 4.98 Å². The van der Waals surface area contributed by atoms with Crippen molar-refractivity contribution in [2.45, 2.75) is 18.9 Å². The van der Waals surface area contributed by atoms with E-state index in [1.54, 1.807) is 12.3 Å². The first-order valence-electron chi connectivity index (χ1n) is 6.58. The Hall–Kier alpha value is -1.62. The molecule has 0 saturated carbocycles. The summed E-state index contributed by atoms with van der Waals surface area (Å²) in [5.74, 6) is -0.286. The van der Waals surface area contributed by atoms with Crippen LogP contribution in [-0.4, -0.2) is 11.5 Å². The van der Waals surface area contributed by atoms with E-state index in [-0.39, 0.29) is 11.9 Å². The molecule has 0 aliphatic carbocycles. The van der Waals surface area contributed by atoms with Crippen LogP contribution in [0.2, 0.25) is 0 Å². The predicted molar refractivity (Wildman–Crippen MR) is 82.1 cm³/mol. The molecule has 1 aromatic heterocycles. The molecule has 2 aromatic rings. The molecular weight excluding hydrogens is 321 g/mol. The van der Waals surface area contributed by atoms with Crippen molar-refractivity contribution in [1.29, 1.82) is 0 Å². The van der Waals surface area contributed by atoms with Gasteiger partial charge in [0.15, 0.2) is 0 Å². The van der Waals surface area contributed by atoms with Crippen molar-refractivity contribution >= 4 is 27.3 Å². The van der Waals surface area contributed by atoms with Crippen molar-refractivity contribution in [2.24, 2.45) is 0 Å². The fourth-order valence-corrected chi connectivity index (χ4v) is 3.14. The summed E-state index contributed by atoms with van der Waals surface area (Å²) in [4.78, 5) is 6.34. The molecule has 0 amide bonds. The maximum atomic E-state index is 13.8. The summed E-state index contributed by atoms with van der Waals surface area (Å²) < 4.78 is 14.2. The lowest BCUT2D eigenvalue weighted by molar-refractivity contribution is 0.619. The minimum atomic E-state index is -0.286. The first kappa shape index (κ1) is 13.4. The highest BCUT2D eigenvalue weighted by molar-refractivity contribution is 9.10. The minimum Gasteiger partial charge on any atom is -0.397 e. The van der Waals surface area contributed by atoms with E-state index in [0.29, 0.717) is 10.2 Å². The second kappa shape index (κ2) is 5.40. The fraction of sp³-hybridized carbons (Fsp3) is 0.267. The molecule has 5 heteroatoms. The van der Waals surface area contributed by atoms with Gasteiger partial charge < -0.3 is 10.6 Å². The molecule has 1 unspecified atom stereocenters. The summed E-state index contributed by atoms with van der Waals surface area (Å²) in [7, 11) is 0. The second-order valence-electron chi connectivity index (χ2n) is 4.96. The van der Waals surface area contributed by atoms with Gasteiger partial charge in [0.2, 0.25) is 0 Å². The Morgan fingerprint density at radius 1 is 1.40 bits per heavy atom. The van der Waals surface area contributed by atoms with Crippen molar-refractivity contribution in [2.75, 3.05) is 17.2 Å². The van der Waals surface area contributed by atoms with Crippen molar-refractivity contribution < 1.29 is 4.39 Å². The highest BCUT2D eigenvalue weighted by Gasteiger charge is 2.28. The van der Waals surface area contributed by atoms with Gasteiger partial charge in [0.25, 0.3) is 0 Å². The average molecular weight is 336 g/mol. The summed E-state index contributed by atoms with van der Waals surface area (Å²) in [5.41, 5.74) is 8.56.